The number of hydrogen-bond acceptors (Lipinski definition) is 5. The van der Waals surface area contributed by atoms with Gasteiger partial charge in [-0.25, -0.2) is 0 Å². The van der Waals surface area contributed by atoms with E-state index in [1.807, 2.05) is 13.0 Å². The van der Waals surface area contributed by atoms with E-state index in [0.717, 1.165) is 24.8 Å². The third-order valence-electron chi connectivity index (χ3n) is 8.97. The first kappa shape index (κ1) is 17.9. The van der Waals surface area contributed by atoms with E-state index in [4.69, 9.17) is 0 Å². The number of rotatable bonds is 2. The lowest BCUT2D eigenvalue weighted by Gasteiger charge is -2.66. The summed E-state index contributed by atoms with van der Waals surface area (Å²) in [6.45, 7) is 3.89. The third-order valence-corrected chi connectivity index (χ3v) is 8.97. The molecule has 25 heavy (non-hydrogen) atoms. The molecule has 0 aromatic rings. The summed E-state index contributed by atoms with van der Waals surface area (Å²) < 4.78 is 0. The summed E-state index contributed by atoms with van der Waals surface area (Å²) in [6, 6.07) is 0. The van der Waals surface area contributed by atoms with Crippen LogP contribution in [-0.4, -0.2) is 56.6 Å². The Morgan fingerprint density at radius 1 is 1.08 bits per heavy atom. The van der Waals surface area contributed by atoms with E-state index in [9.17, 15) is 25.5 Å². The fourth-order valence-electron chi connectivity index (χ4n) is 7.18. The Morgan fingerprint density at radius 3 is 2.44 bits per heavy atom. The fourth-order valence-corrected chi connectivity index (χ4v) is 7.18. The van der Waals surface area contributed by atoms with Gasteiger partial charge in [0.2, 0.25) is 0 Å². The summed E-state index contributed by atoms with van der Waals surface area (Å²) in [4.78, 5) is 0. The Morgan fingerprint density at radius 2 is 1.80 bits per heavy atom. The summed E-state index contributed by atoms with van der Waals surface area (Å²) in [6.07, 6.45) is 4.98. The highest BCUT2D eigenvalue weighted by atomic mass is 16.3. The molecule has 0 amide bonds. The van der Waals surface area contributed by atoms with Crippen LogP contribution in [0.15, 0.2) is 11.6 Å². The highest BCUT2D eigenvalue weighted by molar-refractivity contribution is 5.38. The van der Waals surface area contributed by atoms with Gasteiger partial charge in [0.05, 0.1) is 31.0 Å². The maximum Gasteiger partial charge on any atom is 0.0940 e. The Kier molecular flexibility index (Phi) is 3.80. The van der Waals surface area contributed by atoms with E-state index in [1.54, 1.807) is 0 Å². The molecular formula is C20H32O5. The smallest absolute Gasteiger partial charge is 0.0940 e. The van der Waals surface area contributed by atoms with Gasteiger partial charge in [-0.2, -0.15) is 0 Å². The Labute approximate surface area is 149 Å². The predicted octanol–water partition coefficient (Wildman–Crippen LogP) is 0.977. The van der Waals surface area contributed by atoms with Gasteiger partial charge in [-0.15, -0.1) is 0 Å². The van der Waals surface area contributed by atoms with Crippen LogP contribution in [0.4, 0.5) is 0 Å². The molecule has 3 fully saturated rings. The summed E-state index contributed by atoms with van der Waals surface area (Å²) in [5.41, 5.74) is -0.984. The van der Waals surface area contributed by atoms with Crippen molar-refractivity contribution in [3.8, 4) is 0 Å². The third kappa shape index (κ3) is 1.97. The molecule has 2 bridgehead atoms. The molecule has 1 spiro atoms. The van der Waals surface area contributed by atoms with Gasteiger partial charge < -0.3 is 25.5 Å². The van der Waals surface area contributed by atoms with E-state index in [0.29, 0.717) is 19.3 Å². The van der Waals surface area contributed by atoms with Gasteiger partial charge in [0.1, 0.15) is 0 Å². The number of fused-ring (bicyclic) bond motifs is 2. The van der Waals surface area contributed by atoms with Crippen LogP contribution in [0.25, 0.3) is 0 Å². The van der Waals surface area contributed by atoms with Crippen LogP contribution in [0, 0.1) is 28.1 Å². The highest BCUT2D eigenvalue weighted by Crippen LogP contribution is 2.73. The van der Waals surface area contributed by atoms with Crippen LogP contribution in [0.5, 0.6) is 0 Å². The standard InChI is InChI=1S/C20H32O5/c1-17(10-21)15-8-14(23)13-7-12-9-19(13,5-6-20(12,25)11-22)18(15,2)4-3-16(17)24/h7,12,14-16,21-25H,3-6,8-11H2,1-2H3/t12-,14+,15+,16-,17+,18+,19+,20+/m1/s1. The first-order valence-electron chi connectivity index (χ1n) is 9.69. The molecular weight excluding hydrogens is 320 g/mol. The minimum Gasteiger partial charge on any atom is -0.396 e. The minimum atomic E-state index is -1.09. The van der Waals surface area contributed by atoms with Crippen LogP contribution in [-0.2, 0) is 0 Å². The molecule has 0 aromatic carbocycles. The molecule has 5 heteroatoms. The van der Waals surface area contributed by atoms with Crippen LogP contribution in [0.1, 0.15) is 52.4 Å². The van der Waals surface area contributed by atoms with Crippen molar-refractivity contribution in [2.45, 2.75) is 70.2 Å². The molecule has 142 valence electrons. The molecule has 0 radical (unpaired) electrons. The topological polar surface area (TPSA) is 101 Å². The lowest BCUT2D eigenvalue weighted by Crippen LogP contribution is -2.64. The Bertz CT molecular complexity index is 605. The zero-order valence-electron chi connectivity index (χ0n) is 15.3. The van der Waals surface area contributed by atoms with Crippen molar-refractivity contribution < 1.29 is 25.5 Å². The summed E-state index contributed by atoms with van der Waals surface area (Å²) in [5, 5.41) is 52.2. The molecule has 4 aliphatic carbocycles. The molecule has 0 saturated heterocycles. The van der Waals surface area contributed by atoms with Gasteiger partial charge in [0.15, 0.2) is 0 Å². The summed E-state index contributed by atoms with van der Waals surface area (Å²) in [5.74, 6) is -0.0984. The quantitative estimate of drug-likeness (QED) is 0.477. The normalized spacial score (nSPS) is 57.6. The second-order valence-corrected chi connectivity index (χ2v) is 9.72. The summed E-state index contributed by atoms with van der Waals surface area (Å²) >= 11 is 0. The molecule has 0 unspecified atom stereocenters. The molecule has 0 heterocycles. The molecule has 5 nitrogen and oxygen atoms in total. The molecule has 5 N–H and O–H groups in total. The van der Waals surface area contributed by atoms with Gasteiger partial charge >= 0.3 is 0 Å². The first-order chi connectivity index (χ1) is 11.7. The Balaban J connectivity index is 1.82. The van der Waals surface area contributed by atoms with Gasteiger partial charge in [-0.1, -0.05) is 19.9 Å². The van der Waals surface area contributed by atoms with Crippen molar-refractivity contribution in [1.82, 2.24) is 0 Å². The molecule has 4 rings (SSSR count). The second-order valence-electron chi connectivity index (χ2n) is 9.72. The average Bonchev–Trinajstić information content (AvgIpc) is 2.97. The lowest BCUT2D eigenvalue weighted by atomic mass is 9.39. The molecule has 0 aliphatic heterocycles. The molecule has 3 saturated carbocycles. The molecule has 4 aliphatic rings. The van der Waals surface area contributed by atoms with Crippen molar-refractivity contribution in [2.24, 2.45) is 28.1 Å². The SMILES string of the molecule is C[C@@]1(CO)[C@H](O)CC[C@@]2(C)[C@H]1C[C@H](O)C1=C[C@@H]3C[C@@]12CC[C@]3(O)CO. The minimum absolute atomic E-state index is 0.0277. The monoisotopic (exact) mass is 352 g/mol. The van der Waals surface area contributed by atoms with Gasteiger partial charge in [0.25, 0.3) is 0 Å². The summed E-state index contributed by atoms with van der Waals surface area (Å²) in [7, 11) is 0. The maximum atomic E-state index is 11.0. The van der Waals surface area contributed by atoms with Crippen molar-refractivity contribution in [3.63, 3.8) is 0 Å². The fraction of sp³-hybridized carbons (Fsp3) is 0.900. The Hall–Kier alpha value is -0.460. The number of aliphatic hydroxyl groups excluding tert-OH is 4. The predicted molar refractivity (Wildman–Crippen MR) is 92.5 cm³/mol. The van der Waals surface area contributed by atoms with Crippen molar-refractivity contribution in [2.75, 3.05) is 13.2 Å². The second kappa shape index (κ2) is 5.29. The zero-order valence-corrected chi connectivity index (χ0v) is 15.3. The van der Waals surface area contributed by atoms with Gasteiger partial charge in [-0.05, 0) is 55.4 Å². The first-order valence-corrected chi connectivity index (χ1v) is 9.69. The van der Waals surface area contributed by atoms with Crippen molar-refractivity contribution in [1.29, 1.82) is 0 Å². The van der Waals surface area contributed by atoms with Crippen LogP contribution < -0.4 is 0 Å². The van der Waals surface area contributed by atoms with E-state index in [1.165, 1.54) is 0 Å². The number of aliphatic hydroxyl groups is 5. The molecule has 8 atom stereocenters. The van der Waals surface area contributed by atoms with Crippen molar-refractivity contribution in [3.05, 3.63) is 11.6 Å². The molecule has 0 aromatic heterocycles. The maximum absolute atomic E-state index is 11.0. The lowest BCUT2D eigenvalue weighted by molar-refractivity contribution is -0.205. The number of hydrogen-bond donors (Lipinski definition) is 5. The zero-order chi connectivity index (χ0) is 18.3. The van der Waals surface area contributed by atoms with Crippen molar-refractivity contribution >= 4 is 0 Å². The van der Waals surface area contributed by atoms with Crippen LogP contribution >= 0.6 is 0 Å². The van der Waals surface area contributed by atoms with Crippen LogP contribution in [0.3, 0.4) is 0 Å². The van der Waals surface area contributed by atoms with E-state index < -0.39 is 23.2 Å². The average molecular weight is 352 g/mol. The largest absolute Gasteiger partial charge is 0.396 e. The van der Waals surface area contributed by atoms with E-state index in [-0.39, 0.29) is 35.9 Å². The van der Waals surface area contributed by atoms with Gasteiger partial charge in [-0.3, -0.25) is 0 Å². The van der Waals surface area contributed by atoms with Gasteiger partial charge in [0, 0.05) is 16.7 Å². The highest BCUT2D eigenvalue weighted by Gasteiger charge is 2.69. The van der Waals surface area contributed by atoms with Crippen LogP contribution in [0.2, 0.25) is 0 Å². The van der Waals surface area contributed by atoms with E-state index >= 15 is 0 Å². The van der Waals surface area contributed by atoms with E-state index in [2.05, 4.69) is 6.92 Å².